The number of sulfonamides is 1. The molecule has 124 valence electrons. The second kappa shape index (κ2) is 7.29. The second-order valence-electron chi connectivity index (χ2n) is 5.13. The highest BCUT2D eigenvalue weighted by Crippen LogP contribution is 2.29. The molecule has 7 heteroatoms. The lowest BCUT2D eigenvalue weighted by Gasteiger charge is -2.15. The fourth-order valence-electron chi connectivity index (χ4n) is 2.33. The molecule has 2 rings (SSSR count). The first kappa shape index (κ1) is 17.7. The van der Waals surface area contributed by atoms with Crippen molar-refractivity contribution in [2.75, 3.05) is 6.61 Å². The zero-order valence-electron chi connectivity index (χ0n) is 12.9. The average Bonchev–Trinajstić information content (AvgIpc) is 2.46. The van der Waals surface area contributed by atoms with Gasteiger partial charge in [-0.2, -0.15) is 0 Å². The van der Waals surface area contributed by atoms with Crippen LogP contribution in [0.3, 0.4) is 0 Å². The Morgan fingerprint density at radius 2 is 1.91 bits per heavy atom. The summed E-state index contributed by atoms with van der Waals surface area (Å²) in [6, 6.07) is 9.56. The molecule has 23 heavy (non-hydrogen) atoms. The number of carbonyl (C=O) groups is 1. The van der Waals surface area contributed by atoms with Crippen LogP contribution in [0.5, 0.6) is 0 Å². The van der Waals surface area contributed by atoms with E-state index in [9.17, 15) is 13.2 Å². The van der Waals surface area contributed by atoms with Crippen molar-refractivity contribution in [3.63, 3.8) is 0 Å². The first-order valence-corrected chi connectivity index (χ1v) is 9.06. The number of fused-ring (bicyclic) bond motifs is 1. The van der Waals surface area contributed by atoms with Crippen molar-refractivity contribution < 1.29 is 17.9 Å². The molecule has 0 fully saturated rings. The lowest BCUT2D eigenvalue weighted by atomic mass is 10.1. The van der Waals surface area contributed by atoms with Gasteiger partial charge in [-0.25, -0.2) is 13.1 Å². The van der Waals surface area contributed by atoms with Crippen LogP contribution in [0.15, 0.2) is 41.3 Å². The van der Waals surface area contributed by atoms with Gasteiger partial charge in [0.15, 0.2) is 0 Å². The summed E-state index contributed by atoms with van der Waals surface area (Å²) >= 11 is 6.16. The van der Waals surface area contributed by atoms with Gasteiger partial charge in [-0.1, -0.05) is 35.9 Å². The normalized spacial score (nSPS) is 13.0. The van der Waals surface area contributed by atoms with Gasteiger partial charge in [0.1, 0.15) is 0 Å². The molecule has 2 aromatic rings. The number of benzene rings is 2. The molecule has 0 radical (unpaired) electrons. The molecule has 0 spiro atoms. The van der Waals surface area contributed by atoms with E-state index in [1.807, 2.05) is 0 Å². The number of halogens is 1. The number of carbonyl (C=O) groups excluding carboxylic acids is 1. The lowest BCUT2D eigenvalue weighted by molar-refractivity contribution is -0.143. The lowest BCUT2D eigenvalue weighted by Crippen LogP contribution is -2.34. The molecule has 2 aromatic carbocycles. The molecule has 0 saturated heterocycles. The van der Waals surface area contributed by atoms with Gasteiger partial charge in [-0.05, 0) is 31.4 Å². The van der Waals surface area contributed by atoms with Crippen molar-refractivity contribution in [3.05, 3.63) is 41.4 Å². The minimum absolute atomic E-state index is 0.0361. The SMILES string of the molecule is CCOC(=O)CC(C)NS(=O)(=O)c1cccc2cccc(Cl)c12. The van der Waals surface area contributed by atoms with E-state index in [-0.39, 0.29) is 17.9 Å². The maximum atomic E-state index is 12.6. The van der Waals surface area contributed by atoms with Gasteiger partial charge in [-0.15, -0.1) is 0 Å². The van der Waals surface area contributed by atoms with Crippen LogP contribution >= 0.6 is 11.6 Å². The summed E-state index contributed by atoms with van der Waals surface area (Å²) in [5.74, 6) is -0.446. The van der Waals surface area contributed by atoms with E-state index in [0.29, 0.717) is 10.4 Å². The molecule has 0 amide bonds. The van der Waals surface area contributed by atoms with Gasteiger partial charge < -0.3 is 4.74 Å². The number of nitrogens with one attached hydrogen (secondary N) is 1. The zero-order valence-corrected chi connectivity index (χ0v) is 14.4. The molecule has 1 N–H and O–H groups in total. The van der Waals surface area contributed by atoms with Gasteiger partial charge in [-0.3, -0.25) is 4.79 Å². The van der Waals surface area contributed by atoms with Gasteiger partial charge in [0.25, 0.3) is 0 Å². The van der Waals surface area contributed by atoms with Gasteiger partial charge in [0.2, 0.25) is 10.0 Å². The monoisotopic (exact) mass is 355 g/mol. The number of hydrogen-bond acceptors (Lipinski definition) is 4. The fraction of sp³-hybridized carbons (Fsp3) is 0.312. The van der Waals surface area contributed by atoms with Crippen LogP contribution in [-0.2, 0) is 19.6 Å². The topological polar surface area (TPSA) is 72.5 Å². The first-order chi connectivity index (χ1) is 10.8. The van der Waals surface area contributed by atoms with Crippen LogP contribution in [0.2, 0.25) is 5.02 Å². The van der Waals surface area contributed by atoms with Crippen LogP contribution in [0, 0.1) is 0 Å². The maximum absolute atomic E-state index is 12.6. The van der Waals surface area contributed by atoms with Crippen molar-refractivity contribution in [2.45, 2.75) is 31.2 Å². The van der Waals surface area contributed by atoms with Crippen molar-refractivity contribution >= 4 is 38.4 Å². The molecule has 1 atom stereocenters. The molecule has 0 aromatic heterocycles. The predicted octanol–water partition coefficient (Wildman–Crippen LogP) is 3.11. The summed E-state index contributed by atoms with van der Waals surface area (Å²) in [5.41, 5.74) is 0. The molecular weight excluding hydrogens is 338 g/mol. The summed E-state index contributed by atoms with van der Waals surface area (Å²) < 4.78 is 32.6. The Kier molecular flexibility index (Phi) is 5.62. The summed E-state index contributed by atoms with van der Waals surface area (Å²) in [7, 11) is -3.81. The number of ether oxygens (including phenoxy) is 1. The van der Waals surface area contributed by atoms with Crippen molar-refractivity contribution in [3.8, 4) is 0 Å². The Bertz CT molecular complexity index is 815. The van der Waals surface area contributed by atoms with E-state index in [0.717, 1.165) is 5.39 Å². The van der Waals surface area contributed by atoms with Crippen LogP contribution in [0.1, 0.15) is 20.3 Å². The van der Waals surface area contributed by atoms with Gasteiger partial charge >= 0.3 is 5.97 Å². The molecule has 0 heterocycles. The third kappa shape index (κ3) is 4.22. The molecule has 5 nitrogen and oxygen atoms in total. The Balaban J connectivity index is 2.32. The van der Waals surface area contributed by atoms with E-state index >= 15 is 0 Å². The Morgan fingerprint density at radius 3 is 2.57 bits per heavy atom. The standard InChI is InChI=1S/C16H18ClNO4S/c1-3-22-15(19)10-11(2)18-23(20,21)14-9-5-7-12-6-4-8-13(17)16(12)14/h4-9,11,18H,3,10H2,1-2H3. The van der Waals surface area contributed by atoms with Crippen LogP contribution in [-0.4, -0.2) is 27.0 Å². The fourth-order valence-corrected chi connectivity index (χ4v) is 4.16. The van der Waals surface area contributed by atoms with E-state index in [2.05, 4.69) is 4.72 Å². The van der Waals surface area contributed by atoms with Crippen molar-refractivity contribution in [1.29, 1.82) is 0 Å². The second-order valence-corrected chi connectivity index (χ2v) is 7.22. The smallest absolute Gasteiger partial charge is 0.307 e. The van der Waals surface area contributed by atoms with Crippen LogP contribution < -0.4 is 4.72 Å². The highest BCUT2D eigenvalue weighted by Gasteiger charge is 2.22. The molecular formula is C16H18ClNO4S. The molecule has 0 aliphatic heterocycles. The molecule has 0 aliphatic rings. The Morgan fingerprint density at radius 1 is 1.26 bits per heavy atom. The van der Waals surface area contributed by atoms with E-state index in [1.165, 1.54) is 6.07 Å². The highest BCUT2D eigenvalue weighted by atomic mass is 35.5. The molecule has 0 aliphatic carbocycles. The summed E-state index contributed by atoms with van der Waals surface area (Å²) in [6.45, 7) is 3.57. The highest BCUT2D eigenvalue weighted by molar-refractivity contribution is 7.89. The number of esters is 1. The van der Waals surface area contributed by atoms with Gasteiger partial charge in [0, 0.05) is 16.5 Å². The van der Waals surface area contributed by atoms with E-state index in [1.54, 1.807) is 44.2 Å². The third-order valence-electron chi connectivity index (χ3n) is 3.24. The average molecular weight is 356 g/mol. The van der Waals surface area contributed by atoms with E-state index in [4.69, 9.17) is 16.3 Å². The van der Waals surface area contributed by atoms with Gasteiger partial charge in [0.05, 0.1) is 17.9 Å². The quantitative estimate of drug-likeness (QED) is 0.808. The van der Waals surface area contributed by atoms with E-state index < -0.39 is 22.0 Å². The van der Waals surface area contributed by atoms with Crippen molar-refractivity contribution in [1.82, 2.24) is 4.72 Å². The third-order valence-corrected chi connectivity index (χ3v) is 5.19. The Labute approximate surface area is 140 Å². The molecule has 1 unspecified atom stereocenters. The van der Waals surface area contributed by atoms with Crippen molar-refractivity contribution in [2.24, 2.45) is 0 Å². The maximum Gasteiger partial charge on any atom is 0.307 e. The molecule has 0 bridgehead atoms. The van der Waals surface area contributed by atoms with Crippen LogP contribution in [0.25, 0.3) is 10.8 Å². The molecule has 0 saturated carbocycles. The predicted molar refractivity (Wildman–Crippen MR) is 90.0 cm³/mol. The number of hydrogen-bond donors (Lipinski definition) is 1. The zero-order chi connectivity index (χ0) is 17.0. The number of rotatable bonds is 6. The minimum Gasteiger partial charge on any atom is -0.466 e. The Hall–Kier alpha value is -1.63. The first-order valence-electron chi connectivity index (χ1n) is 7.20. The summed E-state index contributed by atoms with van der Waals surface area (Å²) in [5, 5.41) is 1.56. The summed E-state index contributed by atoms with van der Waals surface area (Å²) in [4.78, 5) is 11.6. The largest absolute Gasteiger partial charge is 0.466 e. The van der Waals surface area contributed by atoms with Crippen LogP contribution in [0.4, 0.5) is 0 Å². The minimum atomic E-state index is -3.81. The summed E-state index contributed by atoms with van der Waals surface area (Å²) in [6.07, 6.45) is -0.0361.